The normalized spacial score (nSPS) is 11.6. The van der Waals surface area contributed by atoms with Crippen LogP contribution >= 0.6 is 0 Å². The Morgan fingerprint density at radius 3 is 1.95 bits per heavy atom. The average molecular weight is 563 g/mol. The smallest absolute Gasteiger partial charge is 0.227 e. The second-order valence-corrected chi connectivity index (χ2v) is 11.3. The molecule has 0 atom stereocenters. The van der Waals surface area contributed by atoms with Gasteiger partial charge in [0.2, 0.25) is 5.89 Å². The number of hydrogen-bond acceptors (Lipinski definition) is 2. The van der Waals surface area contributed by atoms with Crippen LogP contribution in [0.1, 0.15) is 0 Å². The van der Waals surface area contributed by atoms with E-state index in [-0.39, 0.29) is 0 Å². The predicted octanol–water partition coefficient (Wildman–Crippen LogP) is 11.1. The second kappa shape index (κ2) is 9.82. The summed E-state index contributed by atoms with van der Waals surface area (Å²) in [6.07, 6.45) is 0. The number of para-hydroxylation sites is 2. The van der Waals surface area contributed by atoms with Crippen molar-refractivity contribution in [2.24, 2.45) is 0 Å². The molecule has 0 spiro atoms. The summed E-state index contributed by atoms with van der Waals surface area (Å²) in [6, 6.07) is 55.7. The van der Waals surface area contributed by atoms with Crippen molar-refractivity contribution in [3.63, 3.8) is 0 Å². The Hall–Kier alpha value is -5.93. The van der Waals surface area contributed by atoms with Gasteiger partial charge in [-0.2, -0.15) is 0 Å². The van der Waals surface area contributed by atoms with Gasteiger partial charge in [0.1, 0.15) is 5.52 Å². The number of hydrogen-bond donors (Lipinski definition) is 0. The molecule has 44 heavy (non-hydrogen) atoms. The predicted molar refractivity (Wildman–Crippen MR) is 182 cm³/mol. The summed E-state index contributed by atoms with van der Waals surface area (Å²) < 4.78 is 8.63. The van der Waals surface area contributed by atoms with Gasteiger partial charge in [-0.3, -0.25) is 0 Å². The van der Waals surface area contributed by atoms with Gasteiger partial charge in [-0.25, -0.2) is 4.98 Å². The molecule has 3 heteroatoms. The molecular formula is C41H26N2O. The number of rotatable bonds is 4. The van der Waals surface area contributed by atoms with Crippen LogP contribution in [0.25, 0.3) is 83.1 Å². The molecule has 0 radical (unpaired) electrons. The molecule has 0 saturated carbocycles. The lowest BCUT2D eigenvalue weighted by Gasteiger charge is -2.08. The molecule has 0 N–H and O–H groups in total. The van der Waals surface area contributed by atoms with Gasteiger partial charge in [-0.05, 0) is 93.7 Å². The molecule has 206 valence electrons. The zero-order chi connectivity index (χ0) is 29.0. The second-order valence-electron chi connectivity index (χ2n) is 11.3. The Labute approximate surface area is 254 Å². The molecule has 3 nitrogen and oxygen atoms in total. The van der Waals surface area contributed by atoms with Crippen LogP contribution in [0.4, 0.5) is 0 Å². The molecular weight excluding hydrogens is 536 g/mol. The van der Waals surface area contributed by atoms with Gasteiger partial charge in [0, 0.05) is 22.0 Å². The molecule has 2 aromatic heterocycles. The summed E-state index contributed by atoms with van der Waals surface area (Å²) >= 11 is 0. The SMILES string of the molecule is c1ccc(-n2c3ccccc3c3cc(-c4ccc(-c5nc6ccc(-c7ccc8ccccc8c7)cc6o5)cc4)ccc32)cc1. The largest absolute Gasteiger partial charge is 0.436 e. The van der Waals surface area contributed by atoms with Gasteiger partial charge in [-0.1, -0.05) is 97.1 Å². The summed E-state index contributed by atoms with van der Waals surface area (Å²) in [7, 11) is 0. The standard InChI is InChI=1S/C41H26N2O/c1-2-10-34(11-3-1)43-38-13-7-6-12-35(38)36-25-32(21-23-39(36)43)28-14-17-29(18-15-28)41-42-37-22-20-33(26-40(37)44-41)31-19-16-27-8-4-5-9-30(27)24-31/h1-26H. The molecule has 2 heterocycles. The Morgan fingerprint density at radius 2 is 1.07 bits per heavy atom. The molecule has 9 aromatic rings. The van der Waals surface area contributed by atoms with Crippen LogP contribution in [0.15, 0.2) is 162 Å². The van der Waals surface area contributed by atoms with Crippen LogP contribution in [-0.4, -0.2) is 9.55 Å². The zero-order valence-corrected chi connectivity index (χ0v) is 23.8. The van der Waals surface area contributed by atoms with Crippen molar-refractivity contribution in [1.29, 1.82) is 0 Å². The Bertz CT molecular complexity index is 2480. The Kier molecular flexibility index (Phi) is 5.50. The number of nitrogens with zero attached hydrogens (tertiary/aromatic N) is 2. The first-order chi connectivity index (χ1) is 21.8. The van der Waals surface area contributed by atoms with Gasteiger partial charge >= 0.3 is 0 Å². The highest BCUT2D eigenvalue weighted by Crippen LogP contribution is 2.36. The van der Waals surface area contributed by atoms with Crippen molar-refractivity contribution < 1.29 is 4.42 Å². The van der Waals surface area contributed by atoms with Crippen molar-refractivity contribution in [1.82, 2.24) is 9.55 Å². The molecule has 0 aliphatic heterocycles. The third kappa shape index (κ3) is 4.02. The summed E-state index contributed by atoms with van der Waals surface area (Å²) in [5.74, 6) is 0.628. The van der Waals surface area contributed by atoms with Crippen LogP contribution < -0.4 is 0 Å². The minimum Gasteiger partial charge on any atom is -0.436 e. The van der Waals surface area contributed by atoms with E-state index in [2.05, 4.69) is 156 Å². The zero-order valence-electron chi connectivity index (χ0n) is 23.8. The van der Waals surface area contributed by atoms with E-state index >= 15 is 0 Å². The van der Waals surface area contributed by atoms with E-state index < -0.39 is 0 Å². The first kappa shape index (κ1) is 24.6. The van der Waals surface area contributed by atoms with Crippen molar-refractivity contribution in [2.45, 2.75) is 0 Å². The molecule has 0 amide bonds. The van der Waals surface area contributed by atoms with E-state index in [1.54, 1.807) is 0 Å². The summed E-state index contributed by atoms with van der Waals surface area (Å²) in [5.41, 5.74) is 10.8. The van der Waals surface area contributed by atoms with Crippen LogP contribution in [0, 0.1) is 0 Å². The molecule has 0 unspecified atom stereocenters. The van der Waals surface area contributed by atoms with Gasteiger partial charge in [-0.15, -0.1) is 0 Å². The van der Waals surface area contributed by atoms with Crippen molar-refractivity contribution >= 4 is 43.7 Å². The van der Waals surface area contributed by atoms with Gasteiger partial charge < -0.3 is 8.98 Å². The summed E-state index contributed by atoms with van der Waals surface area (Å²) in [4.78, 5) is 4.81. The van der Waals surface area contributed by atoms with E-state index in [0.29, 0.717) is 5.89 Å². The third-order valence-electron chi connectivity index (χ3n) is 8.62. The van der Waals surface area contributed by atoms with E-state index in [1.807, 2.05) is 6.07 Å². The third-order valence-corrected chi connectivity index (χ3v) is 8.62. The highest BCUT2D eigenvalue weighted by molar-refractivity contribution is 6.10. The first-order valence-electron chi connectivity index (χ1n) is 14.9. The lowest BCUT2D eigenvalue weighted by atomic mass is 10.0. The lowest BCUT2D eigenvalue weighted by molar-refractivity contribution is 0.620. The molecule has 0 saturated heterocycles. The molecule has 0 aliphatic rings. The van der Waals surface area contributed by atoms with E-state index in [1.165, 1.54) is 43.8 Å². The Morgan fingerprint density at radius 1 is 0.432 bits per heavy atom. The van der Waals surface area contributed by atoms with Gasteiger partial charge in [0.05, 0.1) is 11.0 Å². The van der Waals surface area contributed by atoms with Gasteiger partial charge in [0.15, 0.2) is 5.58 Å². The van der Waals surface area contributed by atoms with E-state index in [0.717, 1.165) is 33.4 Å². The maximum atomic E-state index is 6.29. The maximum Gasteiger partial charge on any atom is 0.227 e. The number of benzene rings is 7. The van der Waals surface area contributed by atoms with Crippen molar-refractivity contribution in [3.8, 4) is 39.4 Å². The number of aromatic nitrogens is 2. The highest BCUT2D eigenvalue weighted by atomic mass is 16.3. The first-order valence-corrected chi connectivity index (χ1v) is 14.9. The van der Waals surface area contributed by atoms with Crippen LogP contribution in [0.5, 0.6) is 0 Å². The van der Waals surface area contributed by atoms with Crippen molar-refractivity contribution in [2.75, 3.05) is 0 Å². The fraction of sp³-hybridized carbons (Fsp3) is 0. The monoisotopic (exact) mass is 562 g/mol. The Balaban J connectivity index is 1.06. The molecule has 9 rings (SSSR count). The molecule has 0 bridgehead atoms. The van der Waals surface area contributed by atoms with E-state index in [9.17, 15) is 0 Å². The number of fused-ring (bicyclic) bond motifs is 5. The highest BCUT2D eigenvalue weighted by Gasteiger charge is 2.14. The fourth-order valence-corrected chi connectivity index (χ4v) is 6.41. The number of oxazole rings is 1. The topological polar surface area (TPSA) is 31.0 Å². The fourth-order valence-electron chi connectivity index (χ4n) is 6.41. The molecule has 7 aromatic carbocycles. The average Bonchev–Trinajstić information content (AvgIpc) is 3.67. The lowest BCUT2D eigenvalue weighted by Crippen LogP contribution is -1.92. The minimum absolute atomic E-state index is 0.628. The van der Waals surface area contributed by atoms with Crippen LogP contribution in [0.3, 0.4) is 0 Å². The van der Waals surface area contributed by atoms with Crippen LogP contribution in [-0.2, 0) is 0 Å². The quantitative estimate of drug-likeness (QED) is 0.214. The summed E-state index contributed by atoms with van der Waals surface area (Å²) in [5, 5.41) is 4.96. The van der Waals surface area contributed by atoms with E-state index in [4.69, 9.17) is 9.40 Å². The maximum absolute atomic E-state index is 6.29. The molecule has 0 fully saturated rings. The van der Waals surface area contributed by atoms with Crippen molar-refractivity contribution in [3.05, 3.63) is 158 Å². The molecule has 0 aliphatic carbocycles. The van der Waals surface area contributed by atoms with Gasteiger partial charge in [0.25, 0.3) is 0 Å². The summed E-state index contributed by atoms with van der Waals surface area (Å²) in [6.45, 7) is 0. The minimum atomic E-state index is 0.628. The van der Waals surface area contributed by atoms with Crippen LogP contribution in [0.2, 0.25) is 0 Å².